The molecule has 1 N–H and O–H groups in total. The SMILES string of the molecule is C=C(CC)NC(C)CN1CCC(C)C1.CC.CC.CC.CC. The van der Waals surface area contributed by atoms with E-state index in [-0.39, 0.29) is 0 Å². The maximum atomic E-state index is 3.97. The summed E-state index contributed by atoms with van der Waals surface area (Å²) >= 11 is 0. The van der Waals surface area contributed by atoms with E-state index in [0.29, 0.717) is 6.04 Å². The molecule has 0 amide bonds. The Bertz CT molecular complexity index is 190. The molecule has 1 rings (SSSR count). The van der Waals surface area contributed by atoms with Crippen molar-refractivity contribution in [3.05, 3.63) is 12.3 Å². The van der Waals surface area contributed by atoms with Crippen molar-refractivity contribution in [2.24, 2.45) is 5.92 Å². The minimum Gasteiger partial charge on any atom is -0.385 e. The van der Waals surface area contributed by atoms with E-state index < -0.39 is 0 Å². The number of nitrogens with zero attached hydrogens (tertiary/aromatic N) is 1. The monoisotopic (exact) mass is 316 g/mol. The van der Waals surface area contributed by atoms with E-state index >= 15 is 0 Å². The Morgan fingerprint density at radius 2 is 1.55 bits per heavy atom. The molecule has 1 aliphatic rings. The van der Waals surface area contributed by atoms with Gasteiger partial charge < -0.3 is 10.2 Å². The Labute approximate surface area is 143 Å². The molecule has 138 valence electrons. The van der Waals surface area contributed by atoms with Crippen LogP contribution in [0.15, 0.2) is 12.3 Å². The zero-order chi connectivity index (χ0) is 18.6. The lowest BCUT2D eigenvalue weighted by molar-refractivity contribution is 0.297. The molecule has 0 aromatic carbocycles. The molecule has 0 spiro atoms. The van der Waals surface area contributed by atoms with Gasteiger partial charge in [0.1, 0.15) is 0 Å². The van der Waals surface area contributed by atoms with Crippen LogP contribution in [0.25, 0.3) is 0 Å². The van der Waals surface area contributed by atoms with Crippen molar-refractivity contribution in [3.63, 3.8) is 0 Å². The van der Waals surface area contributed by atoms with Gasteiger partial charge >= 0.3 is 0 Å². The van der Waals surface area contributed by atoms with Crippen LogP contribution < -0.4 is 5.32 Å². The van der Waals surface area contributed by atoms with Gasteiger partial charge in [-0.1, -0.05) is 75.8 Å². The van der Waals surface area contributed by atoms with Gasteiger partial charge in [-0.25, -0.2) is 0 Å². The Hall–Kier alpha value is -0.500. The maximum Gasteiger partial charge on any atom is 0.0357 e. The molecule has 1 heterocycles. The fraction of sp³-hybridized carbons (Fsp3) is 0.900. The van der Waals surface area contributed by atoms with E-state index in [1.807, 2.05) is 55.4 Å². The molecule has 2 unspecified atom stereocenters. The number of hydrogen-bond donors (Lipinski definition) is 1. The minimum absolute atomic E-state index is 0.535. The van der Waals surface area contributed by atoms with Gasteiger partial charge in [0.15, 0.2) is 0 Å². The molecule has 22 heavy (non-hydrogen) atoms. The fourth-order valence-electron chi connectivity index (χ4n) is 2.08. The molecule has 1 fully saturated rings. The molecular weight excluding hydrogens is 268 g/mol. The van der Waals surface area contributed by atoms with Crippen molar-refractivity contribution in [2.45, 2.75) is 95.0 Å². The highest BCUT2D eigenvalue weighted by Gasteiger charge is 2.19. The Kier molecular flexibility index (Phi) is 34.1. The second-order valence-corrected chi connectivity index (χ2v) is 4.66. The van der Waals surface area contributed by atoms with Crippen molar-refractivity contribution in [2.75, 3.05) is 19.6 Å². The molecule has 1 saturated heterocycles. The summed E-state index contributed by atoms with van der Waals surface area (Å²) in [6, 6.07) is 0.535. The quantitative estimate of drug-likeness (QED) is 0.637. The highest BCUT2D eigenvalue weighted by atomic mass is 15.2. The molecule has 0 radical (unpaired) electrons. The molecule has 2 heteroatoms. The molecule has 0 aromatic rings. The summed E-state index contributed by atoms with van der Waals surface area (Å²) in [5.41, 5.74) is 1.16. The predicted molar refractivity (Wildman–Crippen MR) is 108 cm³/mol. The third-order valence-electron chi connectivity index (χ3n) is 2.92. The molecule has 0 saturated carbocycles. The Morgan fingerprint density at radius 3 is 1.86 bits per heavy atom. The zero-order valence-corrected chi connectivity index (χ0v) is 17.8. The molecule has 0 aliphatic carbocycles. The smallest absolute Gasteiger partial charge is 0.0357 e. The van der Waals surface area contributed by atoms with Crippen molar-refractivity contribution in [1.82, 2.24) is 10.2 Å². The van der Waals surface area contributed by atoms with Gasteiger partial charge in [-0.3, -0.25) is 0 Å². The average molecular weight is 317 g/mol. The molecule has 0 bridgehead atoms. The Morgan fingerprint density at radius 1 is 1.09 bits per heavy atom. The lowest BCUT2D eigenvalue weighted by atomic mass is 10.2. The van der Waals surface area contributed by atoms with Crippen LogP contribution in [0.3, 0.4) is 0 Å². The van der Waals surface area contributed by atoms with Crippen LogP contribution in [0.5, 0.6) is 0 Å². The van der Waals surface area contributed by atoms with Crippen LogP contribution in [0.4, 0.5) is 0 Å². The third-order valence-corrected chi connectivity index (χ3v) is 2.92. The summed E-state index contributed by atoms with van der Waals surface area (Å²) in [6.07, 6.45) is 2.39. The lowest BCUT2D eigenvalue weighted by Gasteiger charge is -2.22. The van der Waals surface area contributed by atoms with Crippen molar-refractivity contribution in [3.8, 4) is 0 Å². The molecular formula is C20H48N2. The highest BCUT2D eigenvalue weighted by molar-refractivity contribution is 4.92. The van der Waals surface area contributed by atoms with Gasteiger partial charge in [0.2, 0.25) is 0 Å². The lowest BCUT2D eigenvalue weighted by Crippen LogP contribution is -2.37. The molecule has 1 aliphatic heterocycles. The summed E-state index contributed by atoms with van der Waals surface area (Å²) in [6.45, 7) is 30.4. The predicted octanol–water partition coefficient (Wildman–Crippen LogP) is 6.33. The first kappa shape index (κ1) is 29.5. The fourth-order valence-corrected chi connectivity index (χ4v) is 2.08. The highest BCUT2D eigenvalue weighted by Crippen LogP contribution is 2.15. The van der Waals surface area contributed by atoms with Crippen LogP contribution in [0, 0.1) is 5.92 Å². The topological polar surface area (TPSA) is 15.3 Å². The van der Waals surface area contributed by atoms with E-state index in [4.69, 9.17) is 0 Å². The van der Waals surface area contributed by atoms with Crippen LogP contribution >= 0.6 is 0 Å². The second-order valence-electron chi connectivity index (χ2n) is 4.66. The van der Waals surface area contributed by atoms with E-state index in [1.54, 1.807) is 0 Å². The number of likely N-dealkylation sites (tertiary alicyclic amines) is 1. The average Bonchev–Trinajstić information content (AvgIpc) is 2.99. The normalized spacial score (nSPS) is 17.0. The number of hydrogen-bond acceptors (Lipinski definition) is 2. The van der Waals surface area contributed by atoms with Gasteiger partial charge in [-0.2, -0.15) is 0 Å². The van der Waals surface area contributed by atoms with Crippen LogP contribution in [-0.4, -0.2) is 30.6 Å². The number of nitrogens with one attached hydrogen (secondary N) is 1. The van der Waals surface area contributed by atoms with Gasteiger partial charge in [0.25, 0.3) is 0 Å². The largest absolute Gasteiger partial charge is 0.385 e. The number of allylic oxidation sites excluding steroid dienone is 1. The summed E-state index contributed by atoms with van der Waals surface area (Å²) < 4.78 is 0. The summed E-state index contributed by atoms with van der Waals surface area (Å²) in [5, 5.41) is 3.44. The molecule has 0 aromatic heterocycles. The van der Waals surface area contributed by atoms with Gasteiger partial charge in [0, 0.05) is 24.8 Å². The number of rotatable bonds is 5. The van der Waals surface area contributed by atoms with Crippen molar-refractivity contribution >= 4 is 0 Å². The molecule has 2 atom stereocenters. The van der Waals surface area contributed by atoms with E-state index in [0.717, 1.165) is 24.6 Å². The van der Waals surface area contributed by atoms with Crippen LogP contribution in [-0.2, 0) is 0 Å². The van der Waals surface area contributed by atoms with Crippen molar-refractivity contribution < 1.29 is 0 Å². The summed E-state index contributed by atoms with van der Waals surface area (Å²) in [4.78, 5) is 2.55. The van der Waals surface area contributed by atoms with E-state index in [1.165, 1.54) is 19.5 Å². The Balaban J connectivity index is -0.000000175. The van der Waals surface area contributed by atoms with Gasteiger partial charge in [0.05, 0.1) is 0 Å². The maximum absolute atomic E-state index is 3.97. The van der Waals surface area contributed by atoms with Crippen molar-refractivity contribution in [1.29, 1.82) is 0 Å². The van der Waals surface area contributed by atoms with E-state index in [2.05, 4.69) is 37.6 Å². The minimum atomic E-state index is 0.535. The van der Waals surface area contributed by atoms with Gasteiger partial charge in [-0.05, 0) is 32.2 Å². The van der Waals surface area contributed by atoms with E-state index in [9.17, 15) is 0 Å². The first-order chi connectivity index (χ1) is 10.6. The standard InChI is InChI=1S/C12H24N2.4C2H6/c1-5-11(3)13-12(4)9-14-7-6-10(2)8-14;4*1-2/h10,12-13H,3,5-9H2,1-2,4H3;4*1-2H3. The molecule has 2 nitrogen and oxygen atoms in total. The summed E-state index contributed by atoms with van der Waals surface area (Å²) in [7, 11) is 0. The van der Waals surface area contributed by atoms with Crippen LogP contribution in [0.2, 0.25) is 0 Å². The first-order valence-corrected chi connectivity index (χ1v) is 9.78. The van der Waals surface area contributed by atoms with Gasteiger partial charge in [-0.15, -0.1) is 0 Å². The van der Waals surface area contributed by atoms with Crippen LogP contribution in [0.1, 0.15) is 89.0 Å². The summed E-state index contributed by atoms with van der Waals surface area (Å²) in [5.74, 6) is 0.886. The third kappa shape index (κ3) is 19.5. The first-order valence-electron chi connectivity index (χ1n) is 9.78. The zero-order valence-electron chi connectivity index (χ0n) is 17.8. The second kappa shape index (κ2) is 25.5.